The third kappa shape index (κ3) is 2.68. The monoisotopic (exact) mass is 256 g/mol. The topological polar surface area (TPSA) is 63.8 Å². The van der Waals surface area contributed by atoms with Crippen LogP contribution in [-0.2, 0) is 0 Å². The molecule has 1 aromatic carbocycles. The summed E-state index contributed by atoms with van der Waals surface area (Å²) in [5, 5.41) is 3.52. The molecule has 0 saturated heterocycles. The fraction of sp³-hybridized carbons (Fsp3) is 0.467. The van der Waals surface area contributed by atoms with Crippen LogP contribution in [0.3, 0.4) is 0 Å². The molecule has 4 nitrogen and oxygen atoms in total. The van der Waals surface area contributed by atoms with E-state index < -0.39 is 0 Å². The Balaban J connectivity index is 1.80. The summed E-state index contributed by atoms with van der Waals surface area (Å²) in [4.78, 5) is 9.06. The number of para-hydroxylation sites is 2. The molecule has 1 aromatic heterocycles. The number of anilines is 1. The van der Waals surface area contributed by atoms with Crippen molar-refractivity contribution in [2.75, 3.05) is 11.9 Å². The smallest absolute Gasteiger partial charge is 0.145 e. The molecule has 0 spiro atoms. The van der Waals surface area contributed by atoms with E-state index >= 15 is 0 Å². The zero-order chi connectivity index (χ0) is 13.1. The van der Waals surface area contributed by atoms with Crippen molar-refractivity contribution >= 4 is 16.9 Å². The Labute approximate surface area is 113 Å². The lowest BCUT2D eigenvalue weighted by Gasteiger charge is -2.31. The van der Waals surface area contributed by atoms with Gasteiger partial charge < -0.3 is 11.1 Å². The number of rotatable bonds is 3. The molecule has 100 valence electrons. The average Bonchev–Trinajstić information content (AvgIpc) is 2.48. The van der Waals surface area contributed by atoms with E-state index in [0.29, 0.717) is 12.0 Å². The molecule has 0 radical (unpaired) electrons. The third-order valence-corrected chi connectivity index (χ3v) is 3.99. The average molecular weight is 256 g/mol. The van der Waals surface area contributed by atoms with Crippen molar-refractivity contribution in [2.45, 2.75) is 31.7 Å². The lowest BCUT2D eigenvalue weighted by Crippen LogP contribution is -2.36. The molecule has 1 aliphatic rings. The van der Waals surface area contributed by atoms with Crippen molar-refractivity contribution in [3.05, 3.63) is 30.5 Å². The van der Waals surface area contributed by atoms with Gasteiger partial charge in [0.05, 0.1) is 17.2 Å². The molecule has 4 heteroatoms. The summed E-state index contributed by atoms with van der Waals surface area (Å²) in [5.41, 5.74) is 7.74. The van der Waals surface area contributed by atoms with Crippen LogP contribution in [0.1, 0.15) is 25.7 Å². The third-order valence-electron chi connectivity index (χ3n) is 3.99. The fourth-order valence-corrected chi connectivity index (χ4v) is 2.90. The van der Waals surface area contributed by atoms with E-state index in [1.54, 1.807) is 0 Å². The van der Waals surface area contributed by atoms with E-state index in [9.17, 15) is 0 Å². The van der Waals surface area contributed by atoms with E-state index in [-0.39, 0.29) is 0 Å². The van der Waals surface area contributed by atoms with Gasteiger partial charge in [-0.2, -0.15) is 0 Å². The highest BCUT2D eigenvalue weighted by atomic mass is 15.0. The van der Waals surface area contributed by atoms with Crippen LogP contribution >= 0.6 is 0 Å². The van der Waals surface area contributed by atoms with Gasteiger partial charge in [0.2, 0.25) is 0 Å². The van der Waals surface area contributed by atoms with Crippen LogP contribution in [0.2, 0.25) is 0 Å². The van der Waals surface area contributed by atoms with Crippen LogP contribution in [0.5, 0.6) is 0 Å². The summed E-state index contributed by atoms with van der Waals surface area (Å²) < 4.78 is 0. The minimum atomic E-state index is 0.439. The zero-order valence-corrected chi connectivity index (χ0v) is 11.0. The van der Waals surface area contributed by atoms with Gasteiger partial charge in [-0.25, -0.2) is 4.98 Å². The van der Waals surface area contributed by atoms with Crippen molar-refractivity contribution in [3.8, 4) is 0 Å². The van der Waals surface area contributed by atoms with Crippen molar-refractivity contribution in [2.24, 2.45) is 11.7 Å². The molecule has 1 aliphatic carbocycles. The molecule has 3 rings (SSSR count). The van der Waals surface area contributed by atoms with Gasteiger partial charge in [0.25, 0.3) is 0 Å². The Kier molecular flexibility index (Phi) is 3.60. The quantitative estimate of drug-likeness (QED) is 0.886. The first-order valence-corrected chi connectivity index (χ1v) is 7.05. The molecule has 3 N–H and O–H groups in total. The Bertz CT molecular complexity index is 555. The van der Waals surface area contributed by atoms with Crippen LogP contribution in [0.15, 0.2) is 30.5 Å². The maximum absolute atomic E-state index is 5.86. The summed E-state index contributed by atoms with van der Waals surface area (Å²) in [6.45, 7) is 0.749. The Morgan fingerprint density at radius 3 is 2.79 bits per heavy atom. The van der Waals surface area contributed by atoms with Crippen molar-refractivity contribution < 1.29 is 0 Å². The lowest BCUT2D eigenvalue weighted by molar-refractivity contribution is 0.332. The minimum Gasteiger partial charge on any atom is -0.366 e. The van der Waals surface area contributed by atoms with E-state index in [0.717, 1.165) is 23.4 Å². The van der Waals surface area contributed by atoms with Gasteiger partial charge in [0, 0.05) is 6.04 Å². The van der Waals surface area contributed by atoms with Crippen LogP contribution < -0.4 is 11.1 Å². The molecule has 0 aliphatic heterocycles. The Morgan fingerprint density at radius 1 is 1.16 bits per heavy atom. The molecule has 2 atom stereocenters. The van der Waals surface area contributed by atoms with Crippen molar-refractivity contribution in [3.63, 3.8) is 0 Å². The molecular formula is C15H20N4. The second-order valence-electron chi connectivity index (χ2n) is 5.28. The summed E-state index contributed by atoms with van der Waals surface area (Å²) in [6.07, 6.45) is 6.79. The molecule has 2 unspecified atom stereocenters. The van der Waals surface area contributed by atoms with E-state index in [1.807, 2.05) is 30.5 Å². The first-order valence-electron chi connectivity index (χ1n) is 7.05. The number of nitrogens with two attached hydrogens (primary N) is 1. The van der Waals surface area contributed by atoms with Gasteiger partial charge in [-0.15, -0.1) is 0 Å². The van der Waals surface area contributed by atoms with E-state index in [2.05, 4.69) is 15.3 Å². The number of benzene rings is 1. The highest BCUT2D eigenvalue weighted by molar-refractivity contribution is 5.75. The number of aromatic nitrogens is 2. The summed E-state index contributed by atoms with van der Waals surface area (Å²) in [6, 6.07) is 8.39. The zero-order valence-electron chi connectivity index (χ0n) is 11.0. The Hall–Kier alpha value is -1.68. The number of nitrogens with zero attached hydrogens (tertiary/aromatic N) is 2. The lowest BCUT2D eigenvalue weighted by atomic mass is 9.84. The molecule has 2 aromatic rings. The predicted molar refractivity (Wildman–Crippen MR) is 78.0 cm³/mol. The van der Waals surface area contributed by atoms with Crippen LogP contribution in [0.25, 0.3) is 11.0 Å². The highest BCUT2D eigenvalue weighted by Crippen LogP contribution is 2.26. The maximum atomic E-state index is 5.86. The van der Waals surface area contributed by atoms with Crippen molar-refractivity contribution in [1.29, 1.82) is 0 Å². The summed E-state index contributed by atoms with van der Waals surface area (Å²) >= 11 is 0. The Morgan fingerprint density at radius 2 is 1.95 bits per heavy atom. The fourth-order valence-electron chi connectivity index (χ4n) is 2.90. The van der Waals surface area contributed by atoms with Crippen LogP contribution in [-0.4, -0.2) is 22.6 Å². The second kappa shape index (κ2) is 5.53. The first kappa shape index (κ1) is 12.4. The largest absolute Gasteiger partial charge is 0.366 e. The molecule has 0 bridgehead atoms. The minimum absolute atomic E-state index is 0.439. The summed E-state index contributed by atoms with van der Waals surface area (Å²) in [5.74, 6) is 1.42. The van der Waals surface area contributed by atoms with Gasteiger partial charge in [-0.1, -0.05) is 25.0 Å². The SMILES string of the molecule is NCC1CCCCC1Nc1cnc2ccccc2n1. The maximum Gasteiger partial charge on any atom is 0.145 e. The predicted octanol–water partition coefficient (Wildman–Crippen LogP) is 2.56. The van der Waals surface area contributed by atoms with Gasteiger partial charge in [0.1, 0.15) is 5.82 Å². The highest BCUT2D eigenvalue weighted by Gasteiger charge is 2.24. The van der Waals surface area contributed by atoms with Gasteiger partial charge in [-0.05, 0) is 37.4 Å². The van der Waals surface area contributed by atoms with E-state index in [4.69, 9.17) is 5.73 Å². The van der Waals surface area contributed by atoms with Gasteiger partial charge >= 0.3 is 0 Å². The van der Waals surface area contributed by atoms with E-state index in [1.165, 1.54) is 25.7 Å². The number of hydrogen-bond acceptors (Lipinski definition) is 4. The normalized spacial score (nSPS) is 23.4. The molecule has 1 heterocycles. The molecule has 19 heavy (non-hydrogen) atoms. The van der Waals surface area contributed by atoms with Crippen LogP contribution in [0.4, 0.5) is 5.82 Å². The summed E-state index contributed by atoms with van der Waals surface area (Å²) in [7, 11) is 0. The first-order chi connectivity index (χ1) is 9.36. The molecule has 0 amide bonds. The molecular weight excluding hydrogens is 236 g/mol. The molecule has 1 fully saturated rings. The van der Waals surface area contributed by atoms with Crippen LogP contribution in [0, 0.1) is 5.92 Å². The van der Waals surface area contributed by atoms with Gasteiger partial charge in [-0.3, -0.25) is 4.98 Å². The molecule has 1 saturated carbocycles. The standard InChI is InChI=1S/C15H20N4/c16-9-11-5-1-2-6-12(11)18-15-10-17-13-7-3-4-8-14(13)19-15/h3-4,7-8,10-12H,1-2,5-6,9,16H2,(H,18,19). The number of nitrogens with one attached hydrogen (secondary N) is 1. The number of fused-ring (bicyclic) bond motifs is 1. The number of hydrogen-bond donors (Lipinski definition) is 2. The van der Waals surface area contributed by atoms with Crippen molar-refractivity contribution in [1.82, 2.24) is 9.97 Å². The van der Waals surface area contributed by atoms with Gasteiger partial charge in [0.15, 0.2) is 0 Å². The second-order valence-corrected chi connectivity index (χ2v) is 5.28.